The molecule has 0 aliphatic carbocycles. The Hall–Kier alpha value is -1.40. The fraction of sp³-hybridized carbons (Fsp3) is 0.455. The van der Waals surface area contributed by atoms with E-state index in [0.717, 1.165) is 0 Å². The van der Waals surface area contributed by atoms with E-state index in [-0.39, 0.29) is 12.5 Å². The molecule has 1 fully saturated rings. The molecule has 0 saturated carbocycles. The number of rotatable bonds is 2. The average Bonchev–Trinajstić information content (AvgIpc) is 2.81. The molecule has 5 nitrogen and oxygen atoms in total. The summed E-state index contributed by atoms with van der Waals surface area (Å²) in [6.07, 6.45) is 0. The first-order valence-electron chi connectivity index (χ1n) is 5.28. The van der Waals surface area contributed by atoms with Gasteiger partial charge in [-0.3, -0.25) is 9.59 Å². The molecule has 1 unspecified atom stereocenters. The van der Waals surface area contributed by atoms with Gasteiger partial charge in [-0.1, -0.05) is 0 Å². The third-order valence-electron chi connectivity index (χ3n) is 2.85. The summed E-state index contributed by atoms with van der Waals surface area (Å²) in [6.45, 7) is 2.63. The molecule has 1 aliphatic heterocycles. The number of primary amides is 1. The summed E-state index contributed by atoms with van der Waals surface area (Å²) < 4.78 is 5.36. The molecule has 2 amide bonds. The van der Waals surface area contributed by atoms with Gasteiger partial charge < -0.3 is 15.4 Å². The third-order valence-corrected chi connectivity index (χ3v) is 3.53. The Labute approximate surface area is 103 Å². The number of nitrogens with zero attached hydrogens (tertiary/aromatic N) is 1. The Kier molecular flexibility index (Phi) is 3.17. The van der Waals surface area contributed by atoms with Crippen molar-refractivity contribution in [3.8, 4) is 0 Å². The fourth-order valence-electron chi connectivity index (χ4n) is 1.76. The van der Waals surface area contributed by atoms with Crippen molar-refractivity contribution in [3.05, 3.63) is 22.4 Å². The molecule has 2 N–H and O–H groups in total. The lowest BCUT2D eigenvalue weighted by Crippen LogP contribution is -2.58. The van der Waals surface area contributed by atoms with E-state index in [1.54, 1.807) is 23.3 Å². The van der Waals surface area contributed by atoms with Crippen LogP contribution >= 0.6 is 11.3 Å². The lowest BCUT2D eigenvalue weighted by molar-refractivity contribution is -0.150. The van der Waals surface area contributed by atoms with E-state index in [9.17, 15) is 9.59 Å². The maximum Gasteiger partial charge on any atom is 0.254 e. The minimum atomic E-state index is -1.08. The molecule has 0 aromatic carbocycles. The van der Waals surface area contributed by atoms with Gasteiger partial charge in [0.2, 0.25) is 0 Å². The second kappa shape index (κ2) is 4.46. The van der Waals surface area contributed by atoms with Crippen molar-refractivity contribution >= 4 is 23.2 Å². The maximum atomic E-state index is 12.1. The smallest absolute Gasteiger partial charge is 0.254 e. The fourth-order valence-corrected chi connectivity index (χ4v) is 2.39. The van der Waals surface area contributed by atoms with E-state index in [1.807, 2.05) is 5.38 Å². The van der Waals surface area contributed by atoms with E-state index in [1.165, 1.54) is 11.3 Å². The molecule has 1 atom stereocenters. The predicted molar refractivity (Wildman–Crippen MR) is 63.8 cm³/mol. The van der Waals surface area contributed by atoms with E-state index in [0.29, 0.717) is 18.7 Å². The molecule has 0 spiro atoms. The second-order valence-electron chi connectivity index (χ2n) is 4.18. The lowest BCUT2D eigenvalue weighted by Gasteiger charge is -2.38. The van der Waals surface area contributed by atoms with Gasteiger partial charge in [-0.15, -0.1) is 0 Å². The van der Waals surface area contributed by atoms with Crippen molar-refractivity contribution in [2.45, 2.75) is 12.5 Å². The third kappa shape index (κ3) is 2.32. The Morgan fingerprint density at radius 2 is 2.35 bits per heavy atom. The first kappa shape index (κ1) is 12.1. The van der Waals surface area contributed by atoms with Crippen LogP contribution in [-0.4, -0.2) is 42.0 Å². The summed E-state index contributed by atoms with van der Waals surface area (Å²) in [4.78, 5) is 25.0. The minimum absolute atomic E-state index is 0.0815. The van der Waals surface area contributed by atoms with Gasteiger partial charge in [0.25, 0.3) is 11.8 Å². The monoisotopic (exact) mass is 254 g/mol. The van der Waals surface area contributed by atoms with Crippen LogP contribution in [0.15, 0.2) is 16.8 Å². The van der Waals surface area contributed by atoms with E-state index < -0.39 is 11.5 Å². The first-order chi connectivity index (χ1) is 8.03. The minimum Gasteiger partial charge on any atom is -0.367 e. The van der Waals surface area contributed by atoms with E-state index in [4.69, 9.17) is 10.5 Å². The van der Waals surface area contributed by atoms with Crippen LogP contribution in [0.2, 0.25) is 0 Å². The summed E-state index contributed by atoms with van der Waals surface area (Å²) in [6, 6.07) is 1.77. The quantitative estimate of drug-likeness (QED) is 0.833. The van der Waals surface area contributed by atoms with Gasteiger partial charge in [0.15, 0.2) is 5.60 Å². The van der Waals surface area contributed by atoms with Gasteiger partial charge in [-0.2, -0.15) is 11.3 Å². The SMILES string of the molecule is CC1(C(N)=O)CN(C(=O)c2ccsc2)CCO1. The van der Waals surface area contributed by atoms with Crippen molar-refractivity contribution in [1.82, 2.24) is 4.90 Å². The van der Waals surface area contributed by atoms with Crippen LogP contribution in [0.1, 0.15) is 17.3 Å². The molecule has 1 aromatic heterocycles. The molecular weight excluding hydrogens is 240 g/mol. The first-order valence-corrected chi connectivity index (χ1v) is 6.22. The summed E-state index contributed by atoms with van der Waals surface area (Å²) in [5.74, 6) is -0.623. The van der Waals surface area contributed by atoms with E-state index >= 15 is 0 Å². The number of carbonyl (C=O) groups is 2. The number of carbonyl (C=O) groups excluding carboxylic acids is 2. The number of hydrogen-bond donors (Lipinski definition) is 1. The second-order valence-corrected chi connectivity index (χ2v) is 4.96. The summed E-state index contributed by atoms with van der Waals surface area (Å²) >= 11 is 1.47. The summed E-state index contributed by atoms with van der Waals surface area (Å²) in [5, 5.41) is 3.64. The maximum absolute atomic E-state index is 12.1. The molecule has 0 radical (unpaired) electrons. The van der Waals surface area contributed by atoms with Crippen LogP contribution in [0.5, 0.6) is 0 Å². The van der Waals surface area contributed by atoms with Crippen molar-refractivity contribution in [2.75, 3.05) is 19.7 Å². The number of amides is 2. The summed E-state index contributed by atoms with van der Waals surface area (Å²) in [5.41, 5.74) is 4.85. The number of thiophene rings is 1. The number of hydrogen-bond acceptors (Lipinski definition) is 4. The van der Waals surface area contributed by atoms with Gasteiger partial charge in [0, 0.05) is 11.9 Å². The molecule has 0 bridgehead atoms. The van der Waals surface area contributed by atoms with Crippen LogP contribution in [0.4, 0.5) is 0 Å². The Morgan fingerprint density at radius 1 is 1.59 bits per heavy atom. The van der Waals surface area contributed by atoms with Crippen molar-refractivity contribution in [3.63, 3.8) is 0 Å². The number of morpholine rings is 1. The highest BCUT2D eigenvalue weighted by Gasteiger charge is 2.39. The zero-order valence-electron chi connectivity index (χ0n) is 9.51. The molecule has 2 heterocycles. The zero-order chi connectivity index (χ0) is 12.5. The Morgan fingerprint density at radius 3 is 2.94 bits per heavy atom. The van der Waals surface area contributed by atoms with Gasteiger partial charge >= 0.3 is 0 Å². The Balaban J connectivity index is 2.13. The highest BCUT2D eigenvalue weighted by Crippen LogP contribution is 2.19. The molecule has 1 saturated heterocycles. The van der Waals surface area contributed by atoms with Crippen LogP contribution in [0.3, 0.4) is 0 Å². The summed E-state index contributed by atoms with van der Waals surface area (Å²) in [7, 11) is 0. The standard InChI is InChI=1S/C11H14N2O3S/c1-11(10(12)15)7-13(3-4-16-11)9(14)8-2-5-17-6-8/h2,5-6H,3-4,7H2,1H3,(H2,12,15). The number of ether oxygens (including phenoxy) is 1. The van der Waals surface area contributed by atoms with Crippen LogP contribution in [0, 0.1) is 0 Å². The molecule has 6 heteroatoms. The average molecular weight is 254 g/mol. The molecule has 1 aromatic rings. The topological polar surface area (TPSA) is 72.6 Å². The highest BCUT2D eigenvalue weighted by atomic mass is 32.1. The van der Waals surface area contributed by atoms with Crippen molar-refractivity contribution in [2.24, 2.45) is 5.73 Å². The number of nitrogens with two attached hydrogens (primary N) is 1. The van der Waals surface area contributed by atoms with Gasteiger partial charge in [0.1, 0.15) is 0 Å². The van der Waals surface area contributed by atoms with Crippen LogP contribution in [-0.2, 0) is 9.53 Å². The van der Waals surface area contributed by atoms with E-state index in [2.05, 4.69) is 0 Å². The normalized spacial score (nSPS) is 24.6. The van der Waals surface area contributed by atoms with Gasteiger partial charge in [0.05, 0.1) is 18.7 Å². The van der Waals surface area contributed by atoms with Crippen LogP contribution < -0.4 is 5.73 Å². The highest BCUT2D eigenvalue weighted by molar-refractivity contribution is 7.08. The largest absolute Gasteiger partial charge is 0.367 e. The Bertz CT molecular complexity index is 432. The molecule has 2 rings (SSSR count). The van der Waals surface area contributed by atoms with Crippen LogP contribution in [0.25, 0.3) is 0 Å². The zero-order valence-corrected chi connectivity index (χ0v) is 10.3. The molecular formula is C11H14N2O3S. The molecule has 17 heavy (non-hydrogen) atoms. The lowest BCUT2D eigenvalue weighted by atomic mass is 10.0. The predicted octanol–water partition coefficient (Wildman–Crippen LogP) is 0.464. The molecule has 92 valence electrons. The van der Waals surface area contributed by atoms with Gasteiger partial charge in [-0.25, -0.2) is 0 Å². The molecule has 1 aliphatic rings. The van der Waals surface area contributed by atoms with Crippen molar-refractivity contribution < 1.29 is 14.3 Å². The van der Waals surface area contributed by atoms with Crippen molar-refractivity contribution in [1.29, 1.82) is 0 Å². The van der Waals surface area contributed by atoms with Gasteiger partial charge in [-0.05, 0) is 18.4 Å².